The maximum absolute atomic E-state index is 11.8. The Morgan fingerprint density at radius 2 is 2.25 bits per heavy atom. The molecule has 0 saturated heterocycles. The molecule has 0 aliphatic heterocycles. The molecule has 1 aliphatic rings. The van der Waals surface area contributed by atoms with Crippen molar-refractivity contribution in [2.75, 3.05) is 0 Å². The standard InChI is InChI=1S/C14H18N4O2/c1-8-11(5-6-13(19)16-10-3-4-10)9(2)18-12(15-8)7-14(20)17-18/h7,10H,3-6H2,1-2H3,(H,16,19)(H,17,20). The van der Waals surface area contributed by atoms with E-state index in [4.69, 9.17) is 0 Å². The molecule has 2 aromatic rings. The van der Waals surface area contributed by atoms with Crippen molar-refractivity contribution in [3.8, 4) is 0 Å². The first-order chi connectivity index (χ1) is 9.54. The minimum Gasteiger partial charge on any atom is -0.353 e. The summed E-state index contributed by atoms with van der Waals surface area (Å²) in [5.74, 6) is 0.0902. The molecule has 0 radical (unpaired) electrons. The lowest BCUT2D eigenvalue weighted by molar-refractivity contribution is -0.121. The summed E-state index contributed by atoms with van der Waals surface area (Å²) in [7, 11) is 0. The topological polar surface area (TPSA) is 79.3 Å². The van der Waals surface area contributed by atoms with E-state index in [9.17, 15) is 9.59 Å². The molecular formula is C14H18N4O2. The molecule has 6 heteroatoms. The molecule has 0 bridgehead atoms. The number of nitrogens with one attached hydrogen (secondary N) is 2. The van der Waals surface area contributed by atoms with E-state index in [1.807, 2.05) is 13.8 Å². The number of aromatic nitrogens is 3. The second kappa shape index (κ2) is 4.77. The van der Waals surface area contributed by atoms with Gasteiger partial charge in [-0.1, -0.05) is 0 Å². The molecule has 0 atom stereocenters. The molecule has 2 heterocycles. The highest BCUT2D eigenvalue weighted by Crippen LogP contribution is 2.19. The largest absolute Gasteiger partial charge is 0.353 e. The highest BCUT2D eigenvalue weighted by atomic mass is 16.1. The smallest absolute Gasteiger partial charge is 0.266 e. The van der Waals surface area contributed by atoms with Gasteiger partial charge in [0, 0.05) is 29.9 Å². The molecule has 1 aliphatic carbocycles. The molecule has 1 amide bonds. The molecule has 1 saturated carbocycles. The maximum atomic E-state index is 11.8. The van der Waals surface area contributed by atoms with Gasteiger partial charge in [0.05, 0.1) is 0 Å². The number of carbonyl (C=O) groups is 1. The minimum atomic E-state index is -0.163. The van der Waals surface area contributed by atoms with E-state index in [0.717, 1.165) is 29.8 Å². The van der Waals surface area contributed by atoms with Crippen LogP contribution in [0.15, 0.2) is 10.9 Å². The zero-order chi connectivity index (χ0) is 14.3. The summed E-state index contributed by atoms with van der Waals surface area (Å²) < 4.78 is 1.68. The van der Waals surface area contributed by atoms with Gasteiger partial charge in [0.25, 0.3) is 5.56 Å². The number of carbonyl (C=O) groups excluding carboxylic acids is 1. The molecule has 1 fully saturated rings. The lowest BCUT2D eigenvalue weighted by Gasteiger charge is -2.11. The molecular weight excluding hydrogens is 256 g/mol. The Morgan fingerprint density at radius 3 is 2.95 bits per heavy atom. The average Bonchev–Trinajstić information content (AvgIpc) is 3.10. The van der Waals surface area contributed by atoms with Crippen LogP contribution in [0.2, 0.25) is 0 Å². The van der Waals surface area contributed by atoms with Crippen molar-refractivity contribution in [2.24, 2.45) is 0 Å². The predicted octanol–water partition coefficient (Wildman–Crippen LogP) is 0.851. The third kappa shape index (κ3) is 2.45. The number of aromatic amines is 1. The van der Waals surface area contributed by atoms with Gasteiger partial charge in [-0.05, 0) is 38.7 Å². The van der Waals surface area contributed by atoms with Crippen molar-refractivity contribution in [2.45, 2.75) is 45.6 Å². The third-order valence-corrected chi connectivity index (χ3v) is 3.75. The van der Waals surface area contributed by atoms with E-state index in [1.165, 1.54) is 6.07 Å². The van der Waals surface area contributed by atoms with E-state index in [0.29, 0.717) is 24.5 Å². The van der Waals surface area contributed by atoms with Crippen LogP contribution < -0.4 is 10.9 Å². The number of hydrogen-bond acceptors (Lipinski definition) is 3. The van der Waals surface area contributed by atoms with Crippen LogP contribution in [-0.4, -0.2) is 26.5 Å². The fraction of sp³-hybridized carbons (Fsp3) is 0.500. The van der Waals surface area contributed by atoms with Crippen molar-refractivity contribution in [3.05, 3.63) is 33.4 Å². The van der Waals surface area contributed by atoms with Crippen LogP contribution in [0, 0.1) is 13.8 Å². The highest BCUT2D eigenvalue weighted by molar-refractivity contribution is 5.76. The van der Waals surface area contributed by atoms with Crippen LogP contribution in [0.4, 0.5) is 0 Å². The number of rotatable bonds is 4. The van der Waals surface area contributed by atoms with Crippen molar-refractivity contribution in [1.29, 1.82) is 0 Å². The van der Waals surface area contributed by atoms with Crippen molar-refractivity contribution in [3.63, 3.8) is 0 Å². The van der Waals surface area contributed by atoms with Crippen LogP contribution in [0.5, 0.6) is 0 Å². The third-order valence-electron chi connectivity index (χ3n) is 3.75. The van der Waals surface area contributed by atoms with Crippen LogP contribution in [-0.2, 0) is 11.2 Å². The normalized spacial score (nSPS) is 14.7. The Kier molecular flexibility index (Phi) is 3.08. The van der Waals surface area contributed by atoms with Crippen LogP contribution >= 0.6 is 0 Å². The summed E-state index contributed by atoms with van der Waals surface area (Å²) in [6.45, 7) is 3.85. The first-order valence-corrected chi connectivity index (χ1v) is 6.92. The van der Waals surface area contributed by atoms with Gasteiger partial charge in [-0.2, -0.15) is 0 Å². The van der Waals surface area contributed by atoms with Crippen molar-refractivity contribution in [1.82, 2.24) is 19.9 Å². The van der Waals surface area contributed by atoms with E-state index < -0.39 is 0 Å². The van der Waals surface area contributed by atoms with E-state index >= 15 is 0 Å². The number of aryl methyl sites for hydroxylation is 2. The van der Waals surface area contributed by atoms with E-state index in [1.54, 1.807) is 4.52 Å². The highest BCUT2D eigenvalue weighted by Gasteiger charge is 2.23. The van der Waals surface area contributed by atoms with E-state index in [-0.39, 0.29) is 11.5 Å². The number of hydrogen-bond donors (Lipinski definition) is 2. The predicted molar refractivity (Wildman–Crippen MR) is 74.8 cm³/mol. The lowest BCUT2D eigenvalue weighted by atomic mass is 10.1. The molecule has 0 spiro atoms. The fourth-order valence-corrected chi connectivity index (χ4v) is 2.48. The molecule has 6 nitrogen and oxygen atoms in total. The second-order valence-corrected chi connectivity index (χ2v) is 5.42. The monoisotopic (exact) mass is 274 g/mol. The van der Waals surface area contributed by atoms with Gasteiger partial charge in [-0.3, -0.25) is 14.7 Å². The molecule has 2 N–H and O–H groups in total. The maximum Gasteiger partial charge on any atom is 0.266 e. The molecule has 106 valence electrons. The van der Waals surface area contributed by atoms with Gasteiger partial charge < -0.3 is 5.32 Å². The fourth-order valence-electron chi connectivity index (χ4n) is 2.48. The van der Waals surface area contributed by atoms with Crippen LogP contribution in [0.25, 0.3) is 5.65 Å². The summed E-state index contributed by atoms with van der Waals surface area (Å²) in [6.07, 6.45) is 3.29. The molecule has 0 unspecified atom stereocenters. The summed E-state index contributed by atoms with van der Waals surface area (Å²) >= 11 is 0. The van der Waals surface area contributed by atoms with Gasteiger partial charge >= 0.3 is 0 Å². The Bertz CT molecular complexity index is 725. The Balaban J connectivity index is 1.82. The van der Waals surface area contributed by atoms with Crippen LogP contribution in [0.3, 0.4) is 0 Å². The Hall–Kier alpha value is -2.11. The minimum absolute atomic E-state index is 0.0902. The second-order valence-electron chi connectivity index (χ2n) is 5.42. The quantitative estimate of drug-likeness (QED) is 0.867. The lowest BCUT2D eigenvalue weighted by Crippen LogP contribution is -2.25. The van der Waals surface area contributed by atoms with Gasteiger partial charge in [-0.15, -0.1) is 0 Å². The first-order valence-electron chi connectivity index (χ1n) is 6.92. The van der Waals surface area contributed by atoms with Gasteiger partial charge in [0.15, 0.2) is 5.65 Å². The van der Waals surface area contributed by atoms with Gasteiger partial charge in [0.2, 0.25) is 5.91 Å². The Morgan fingerprint density at radius 1 is 1.50 bits per heavy atom. The zero-order valence-electron chi connectivity index (χ0n) is 11.7. The summed E-state index contributed by atoms with van der Waals surface area (Å²) in [4.78, 5) is 27.5. The molecule has 20 heavy (non-hydrogen) atoms. The first kappa shape index (κ1) is 12.9. The molecule has 3 rings (SSSR count). The van der Waals surface area contributed by atoms with Crippen LogP contribution in [0.1, 0.15) is 36.2 Å². The van der Waals surface area contributed by atoms with Gasteiger partial charge in [0.1, 0.15) is 0 Å². The molecule has 0 aromatic carbocycles. The van der Waals surface area contributed by atoms with Crippen molar-refractivity contribution >= 4 is 11.6 Å². The summed E-state index contributed by atoms with van der Waals surface area (Å²) in [5.41, 5.74) is 3.30. The zero-order valence-corrected chi connectivity index (χ0v) is 11.7. The van der Waals surface area contributed by atoms with Crippen molar-refractivity contribution < 1.29 is 4.79 Å². The number of nitrogens with zero attached hydrogens (tertiary/aromatic N) is 2. The SMILES string of the molecule is Cc1nc2cc(=O)[nH]n2c(C)c1CCC(=O)NC1CC1. The number of amides is 1. The summed E-state index contributed by atoms with van der Waals surface area (Å²) in [5, 5.41) is 5.70. The average molecular weight is 274 g/mol. The van der Waals surface area contributed by atoms with Gasteiger partial charge in [-0.25, -0.2) is 9.50 Å². The Labute approximate surface area is 116 Å². The number of H-pyrrole nitrogens is 1. The summed E-state index contributed by atoms with van der Waals surface area (Å²) in [6, 6.07) is 1.87. The molecule has 2 aromatic heterocycles. The van der Waals surface area contributed by atoms with E-state index in [2.05, 4.69) is 15.4 Å². The number of fused-ring (bicyclic) bond motifs is 1.